The fraction of sp³-hybridized carbons (Fsp3) is 0.708. The number of likely N-dealkylation sites (N-methyl/N-ethyl adjacent to an activating group) is 1. The zero-order valence-corrected chi connectivity index (χ0v) is 38.4. The van der Waals surface area contributed by atoms with E-state index in [-0.39, 0.29) is 26.1 Å². The lowest BCUT2D eigenvalue weighted by molar-refractivity contribution is -0.870. The number of quaternary nitrogens is 1. The Morgan fingerprint density at radius 3 is 1.55 bits per heavy atom. The van der Waals surface area contributed by atoms with Gasteiger partial charge in [-0.1, -0.05) is 157 Å². The lowest BCUT2D eigenvalue weighted by Gasteiger charge is -2.24. The first-order valence-corrected chi connectivity index (χ1v) is 24.2. The smallest absolute Gasteiger partial charge is 0.462 e. The molecule has 0 aliphatic heterocycles. The summed E-state index contributed by atoms with van der Waals surface area (Å²) in [5.41, 5.74) is 0. The Labute approximate surface area is 355 Å². The second-order valence-electron chi connectivity index (χ2n) is 16.0. The summed E-state index contributed by atoms with van der Waals surface area (Å²) in [7, 11) is 1.43. The SMILES string of the molecule is CC/C=C/C/C=C/C/C=C/C/C=C/C/C=C/CCCCCC(=O)O[C@H](COC(=O)CC/C=C/CCCCCCCCCCCCC)COP(=O)(O)OCC[N+](C)(C)C. The molecule has 0 aliphatic carbocycles. The van der Waals surface area contributed by atoms with E-state index in [4.69, 9.17) is 18.5 Å². The first-order valence-electron chi connectivity index (χ1n) is 22.7. The summed E-state index contributed by atoms with van der Waals surface area (Å²) < 4.78 is 34.2. The topological polar surface area (TPSA) is 108 Å². The van der Waals surface area contributed by atoms with Crippen molar-refractivity contribution in [2.24, 2.45) is 0 Å². The van der Waals surface area contributed by atoms with Gasteiger partial charge in [0.15, 0.2) is 6.10 Å². The van der Waals surface area contributed by atoms with E-state index in [1.54, 1.807) is 0 Å². The van der Waals surface area contributed by atoms with Gasteiger partial charge in [0.25, 0.3) is 0 Å². The molecule has 0 spiro atoms. The van der Waals surface area contributed by atoms with Gasteiger partial charge in [-0.25, -0.2) is 4.57 Å². The molecule has 9 nitrogen and oxygen atoms in total. The molecule has 0 aliphatic rings. The number of nitrogens with zero attached hydrogens (tertiary/aromatic N) is 1. The third kappa shape index (κ3) is 43.0. The zero-order valence-electron chi connectivity index (χ0n) is 37.5. The van der Waals surface area contributed by atoms with Crippen LogP contribution in [0.25, 0.3) is 0 Å². The minimum atomic E-state index is -4.40. The summed E-state index contributed by atoms with van der Waals surface area (Å²) >= 11 is 0. The predicted octanol–water partition coefficient (Wildman–Crippen LogP) is 13.0. The molecule has 0 amide bonds. The Morgan fingerprint density at radius 2 is 1.02 bits per heavy atom. The Kier molecular flexibility index (Phi) is 38.1. The van der Waals surface area contributed by atoms with Gasteiger partial charge in [0.05, 0.1) is 27.7 Å². The van der Waals surface area contributed by atoms with Crippen molar-refractivity contribution >= 4 is 19.8 Å². The molecule has 0 rings (SSSR count). The Hall–Kier alpha value is -2.55. The summed E-state index contributed by atoms with van der Waals surface area (Å²) in [5.74, 6) is -0.898. The zero-order chi connectivity index (χ0) is 42.8. The average Bonchev–Trinajstić information content (AvgIpc) is 3.17. The molecular formula is C48H85NO8P+. The van der Waals surface area contributed by atoms with Crippen LogP contribution in [0.3, 0.4) is 0 Å². The van der Waals surface area contributed by atoms with Gasteiger partial charge in [-0.2, -0.15) is 0 Å². The predicted molar refractivity (Wildman–Crippen MR) is 242 cm³/mol. The molecule has 58 heavy (non-hydrogen) atoms. The van der Waals surface area contributed by atoms with Crippen LogP contribution in [0.1, 0.15) is 168 Å². The van der Waals surface area contributed by atoms with Crippen LogP contribution >= 0.6 is 7.82 Å². The molecule has 2 atom stereocenters. The van der Waals surface area contributed by atoms with E-state index in [1.807, 2.05) is 27.2 Å². The highest BCUT2D eigenvalue weighted by atomic mass is 31.2. The molecule has 0 saturated carbocycles. The van der Waals surface area contributed by atoms with Crippen LogP contribution in [0.2, 0.25) is 0 Å². The fourth-order valence-electron chi connectivity index (χ4n) is 5.70. The molecule has 0 aromatic carbocycles. The summed E-state index contributed by atoms with van der Waals surface area (Å²) in [5, 5.41) is 0. The molecule has 334 valence electrons. The highest BCUT2D eigenvalue weighted by Gasteiger charge is 2.27. The molecule has 0 fully saturated rings. The maximum absolute atomic E-state index is 12.7. The van der Waals surface area contributed by atoms with Gasteiger partial charge >= 0.3 is 19.8 Å². The normalized spacial score (nSPS) is 14.2. The van der Waals surface area contributed by atoms with Gasteiger partial charge < -0.3 is 18.9 Å². The van der Waals surface area contributed by atoms with Crippen LogP contribution in [0.15, 0.2) is 72.9 Å². The maximum Gasteiger partial charge on any atom is 0.472 e. The summed E-state index contributed by atoms with van der Waals surface area (Å²) in [4.78, 5) is 35.4. The third-order valence-electron chi connectivity index (χ3n) is 9.23. The van der Waals surface area contributed by atoms with E-state index in [9.17, 15) is 19.0 Å². The average molecular weight is 835 g/mol. The molecule has 0 aromatic rings. The molecular weight excluding hydrogens is 750 g/mol. The van der Waals surface area contributed by atoms with Crippen molar-refractivity contribution < 1.29 is 42.1 Å². The number of carbonyl (C=O) groups excluding carboxylic acids is 2. The van der Waals surface area contributed by atoms with Crippen LogP contribution in [0.4, 0.5) is 0 Å². The number of unbranched alkanes of at least 4 members (excludes halogenated alkanes) is 14. The number of ether oxygens (including phenoxy) is 2. The Morgan fingerprint density at radius 1 is 0.552 bits per heavy atom. The van der Waals surface area contributed by atoms with Crippen molar-refractivity contribution in [1.29, 1.82) is 0 Å². The molecule has 0 radical (unpaired) electrons. The maximum atomic E-state index is 12.7. The molecule has 10 heteroatoms. The van der Waals surface area contributed by atoms with Crippen molar-refractivity contribution in [3.8, 4) is 0 Å². The molecule has 0 aromatic heterocycles. The molecule has 0 heterocycles. The van der Waals surface area contributed by atoms with Gasteiger partial charge in [0.2, 0.25) is 0 Å². The monoisotopic (exact) mass is 835 g/mol. The first kappa shape index (κ1) is 55.5. The van der Waals surface area contributed by atoms with Crippen molar-refractivity contribution in [2.45, 2.75) is 174 Å². The quantitative estimate of drug-likeness (QED) is 0.0214. The molecule has 1 unspecified atom stereocenters. The number of phosphoric acid groups is 1. The third-order valence-corrected chi connectivity index (χ3v) is 10.2. The number of phosphoric ester groups is 1. The number of allylic oxidation sites excluding steroid dienone is 12. The second-order valence-corrected chi connectivity index (χ2v) is 17.5. The number of hydrogen-bond acceptors (Lipinski definition) is 7. The van der Waals surface area contributed by atoms with Crippen molar-refractivity contribution in [3.05, 3.63) is 72.9 Å². The fourth-order valence-corrected chi connectivity index (χ4v) is 6.45. The van der Waals surface area contributed by atoms with Crippen LogP contribution in [-0.2, 0) is 32.7 Å². The summed E-state index contributed by atoms with van der Waals surface area (Å²) in [6.45, 7) is 4.22. The largest absolute Gasteiger partial charge is 0.472 e. The summed E-state index contributed by atoms with van der Waals surface area (Å²) in [6, 6.07) is 0. The van der Waals surface area contributed by atoms with Gasteiger partial charge in [-0.15, -0.1) is 0 Å². The van der Waals surface area contributed by atoms with E-state index >= 15 is 0 Å². The van der Waals surface area contributed by atoms with E-state index in [1.165, 1.54) is 64.2 Å². The van der Waals surface area contributed by atoms with Crippen LogP contribution in [0, 0.1) is 0 Å². The Bertz CT molecular complexity index is 1220. The molecule has 0 saturated heterocycles. The first-order chi connectivity index (χ1) is 28.0. The highest BCUT2D eigenvalue weighted by molar-refractivity contribution is 7.47. The van der Waals surface area contributed by atoms with E-state index in [0.717, 1.165) is 64.2 Å². The summed E-state index contributed by atoms with van der Waals surface area (Å²) in [6.07, 6.45) is 49.6. The van der Waals surface area contributed by atoms with E-state index < -0.39 is 32.5 Å². The van der Waals surface area contributed by atoms with Gasteiger partial charge in [-0.3, -0.25) is 18.6 Å². The highest BCUT2D eigenvalue weighted by Crippen LogP contribution is 2.43. The van der Waals surface area contributed by atoms with Crippen molar-refractivity contribution in [1.82, 2.24) is 0 Å². The lowest BCUT2D eigenvalue weighted by atomic mass is 10.1. The van der Waals surface area contributed by atoms with Crippen molar-refractivity contribution in [3.63, 3.8) is 0 Å². The van der Waals surface area contributed by atoms with Gasteiger partial charge in [0, 0.05) is 12.8 Å². The number of esters is 2. The van der Waals surface area contributed by atoms with Gasteiger partial charge in [-0.05, 0) is 70.6 Å². The molecule has 1 N–H and O–H groups in total. The van der Waals surface area contributed by atoms with E-state index in [2.05, 4.69) is 80.7 Å². The second kappa shape index (κ2) is 39.9. The minimum absolute atomic E-state index is 0.0170. The lowest BCUT2D eigenvalue weighted by Crippen LogP contribution is -2.37. The minimum Gasteiger partial charge on any atom is -0.462 e. The van der Waals surface area contributed by atoms with E-state index in [0.29, 0.717) is 23.9 Å². The van der Waals surface area contributed by atoms with Crippen molar-refractivity contribution in [2.75, 3.05) is 47.5 Å². The number of carbonyl (C=O) groups is 2. The van der Waals surface area contributed by atoms with Crippen LogP contribution in [-0.4, -0.2) is 74.9 Å². The number of hydrogen-bond donors (Lipinski definition) is 1. The molecule has 0 bridgehead atoms. The number of rotatable bonds is 40. The Balaban J connectivity index is 4.46. The van der Waals surface area contributed by atoms with Crippen LogP contribution < -0.4 is 0 Å². The standard InChI is InChI=1S/C48H84NO8P/c1-6-8-10-12-14-16-18-20-22-23-24-25-27-29-31-33-35-37-39-41-48(51)57-46(45-56-58(52,53)55-43-42-49(3,4)5)44-54-47(50)40-38-36-34-32-30-28-26-21-19-17-15-13-11-9-7-2/h8,10,14,16,20,22,24-25,29,31,34,36,46H,6-7,9,11-13,15,17-19,21,23,26-28,30,32-33,35,37-45H2,1-5H3/p+1/b10-8+,16-14+,22-20+,25-24+,31-29+,36-34+/t46-/m1/s1. The van der Waals surface area contributed by atoms with Gasteiger partial charge in [0.1, 0.15) is 19.8 Å². The van der Waals surface area contributed by atoms with Crippen LogP contribution in [0.5, 0.6) is 0 Å².